The van der Waals surface area contributed by atoms with Gasteiger partial charge in [-0.1, -0.05) is 18.5 Å². The third-order valence-corrected chi connectivity index (χ3v) is 1.92. The SMILES string of the molecule is CCCC(=O)NNc1ccc(Cl)cc1. The molecule has 76 valence electrons. The van der Waals surface area contributed by atoms with Gasteiger partial charge in [0.05, 0.1) is 5.69 Å². The Bertz CT molecular complexity index is 297. The molecule has 0 aliphatic rings. The highest BCUT2D eigenvalue weighted by Crippen LogP contribution is 2.12. The van der Waals surface area contributed by atoms with Crippen molar-refractivity contribution in [2.45, 2.75) is 19.8 Å². The summed E-state index contributed by atoms with van der Waals surface area (Å²) in [4.78, 5) is 11.1. The molecular weight excluding hydrogens is 200 g/mol. The Hall–Kier alpha value is -1.22. The summed E-state index contributed by atoms with van der Waals surface area (Å²) in [5, 5.41) is 0.676. The predicted octanol–water partition coefficient (Wildman–Crippen LogP) is 2.58. The molecular formula is C10H13ClN2O. The van der Waals surface area contributed by atoms with Gasteiger partial charge in [0.2, 0.25) is 5.91 Å². The third-order valence-electron chi connectivity index (χ3n) is 1.67. The van der Waals surface area contributed by atoms with E-state index in [9.17, 15) is 4.79 Å². The topological polar surface area (TPSA) is 41.1 Å². The Balaban J connectivity index is 2.38. The first kappa shape index (κ1) is 10.9. The minimum absolute atomic E-state index is 0.0116. The number of halogens is 1. The van der Waals surface area contributed by atoms with Gasteiger partial charge in [0.15, 0.2) is 0 Å². The summed E-state index contributed by atoms with van der Waals surface area (Å²) >= 11 is 5.71. The lowest BCUT2D eigenvalue weighted by Gasteiger charge is -2.07. The number of carbonyl (C=O) groups is 1. The number of hydrazine groups is 1. The Kier molecular flexibility index (Phi) is 4.26. The highest BCUT2D eigenvalue weighted by atomic mass is 35.5. The maximum Gasteiger partial charge on any atom is 0.238 e. The van der Waals surface area contributed by atoms with Crippen molar-refractivity contribution in [2.24, 2.45) is 0 Å². The minimum Gasteiger partial charge on any atom is -0.299 e. The van der Waals surface area contributed by atoms with E-state index in [1.807, 2.05) is 6.92 Å². The number of amides is 1. The van der Waals surface area contributed by atoms with E-state index in [1.54, 1.807) is 24.3 Å². The van der Waals surface area contributed by atoms with Gasteiger partial charge < -0.3 is 0 Å². The van der Waals surface area contributed by atoms with E-state index in [0.29, 0.717) is 11.4 Å². The molecule has 3 nitrogen and oxygen atoms in total. The number of anilines is 1. The average Bonchev–Trinajstić information content (AvgIpc) is 2.17. The maximum absolute atomic E-state index is 11.1. The van der Waals surface area contributed by atoms with Crippen LogP contribution in [0.2, 0.25) is 5.02 Å². The Labute approximate surface area is 88.4 Å². The lowest BCUT2D eigenvalue weighted by Crippen LogP contribution is -2.28. The first-order chi connectivity index (χ1) is 6.72. The van der Waals surface area contributed by atoms with Crippen LogP contribution in [-0.4, -0.2) is 5.91 Å². The largest absolute Gasteiger partial charge is 0.299 e. The van der Waals surface area contributed by atoms with Crippen molar-refractivity contribution in [3.8, 4) is 0 Å². The van der Waals surface area contributed by atoms with E-state index in [-0.39, 0.29) is 5.91 Å². The summed E-state index contributed by atoms with van der Waals surface area (Å²) < 4.78 is 0. The second-order valence-electron chi connectivity index (χ2n) is 2.93. The zero-order chi connectivity index (χ0) is 10.4. The molecule has 0 aromatic heterocycles. The van der Waals surface area contributed by atoms with Crippen molar-refractivity contribution in [1.82, 2.24) is 5.43 Å². The highest BCUT2D eigenvalue weighted by Gasteiger charge is 1.97. The fraction of sp³-hybridized carbons (Fsp3) is 0.300. The van der Waals surface area contributed by atoms with Crippen molar-refractivity contribution in [3.05, 3.63) is 29.3 Å². The van der Waals surface area contributed by atoms with Crippen LogP contribution in [0.25, 0.3) is 0 Å². The standard InChI is InChI=1S/C10H13ClN2O/c1-2-3-10(14)13-12-9-6-4-8(11)5-7-9/h4-7,12H,2-3H2,1H3,(H,13,14). The Morgan fingerprint density at radius 1 is 1.36 bits per heavy atom. The van der Waals surface area contributed by atoms with E-state index in [1.165, 1.54) is 0 Å². The summed E-state index contributed by atoms with van der Waals surface area (Å²) in [5.41, 5.74) is 6.20. The van der Waals surface area contributed by atoms with Gasteiger partial charge in [-0.2, -0.15) is 0 Å². The van der Waals surface area contributed by atoms with Gasteiger partial charge in [0.1, 0.15) is 0 Å². The van der Waals surface area contributed by atoms with Crippen molar-refractivity contribution in [3.63, 3.8) is 0 Å². The molecule has 0 aliphatic carbocycles. The van der Waals surface area contributed by atoms with Crippen LogP contribution in [0.3, 0.4) is 0 Å². The summed E-state index contributed by atoms with van der Waals surface area (Å²) in [7, 11) is 0. The molecule has 1 aromatic rings. The smallest absolute Gasteiger partial charge is 0.238 e. The molecule has 0 bridgehead atoms. The molecule has 0 saturated heterocycles. The molecule has 0 spiro atoms. The normalized spacial score (nSPS) is 9.57. The quantitative estimate of drug-likeness (QED) is 0.754. The summed E-state index contributed by atoms with van der Waals surface area (Å²) in [5.74, 6) is -0.0116. The predicted molar refractivity (Wildman–Crippen MR) is 58.1 cm³/mol. The van der Waals surface area contributed by atoms with Crippen LogP contribution in [-0.2, 0) is 4.79 Å². The Morgan fingerprint density at radius 2 is 2.00 bits per heavy atom. The number of hydrogen-bond acceptors (Lipinski definition) is 2. The third kappa shape index (κ3) is 3.66. The molecule has 0 unspecified atom stereocenters. The van der Waals surface area contributed by atoms with Crippen molar-refractivity contribution < 1.29 is 4.79 Å². The van der Waals surface area contributed by atoms with Gasteiger partial charge in [-0.15, -0.1) is 0 Å². The second-order valence-corrected chi connectivity index (χ2v) is 3.37. The summed E-state index contributed by atoms with van der Waals surface area (Å²) in [6.45, 7) is 1.96. The fourth-order valence-electron chi connectivity index (χ4n) is 0.965. The molecule has 0 saturated carbocycles. The highest BCUT2D eigenvalue weighted by molar-refractivity contribution is 6.30. The van der Waals surface area contributed by atoms with E-state index >= 15 is 0 Å². The van der Waals surface area contributed by atoms with Crippen molar-refractivity contribution in [1.29, 1.82) is 0 Å². The molecule has 0 radical (unpaired) electrons. The molecule has 0 heterocycles. The van der Waals surface area contributed by atoms with Gasteiger partial charge in [0, 0.05) is 11.4 Å². The number of nitrogens with one attached hydrogen (secondary N) is 2. The van der Waals surface area contributed by atoms with Crippen LogP contribution in [0.4, 0.5) is 5.69 Å². The van der Waals surface area contributed by atoms with E-state index in [2.05, 4.69) is 10.9 Å². The lowest BCUT2D eigenvalue weighted by molar-refractivity contribution is -0.120. The first-order valence-electron chi connectivity index (χ1n) is 4.53. The molecule has 14 heavy (non-hydrogen) atoms. The molecule has 0 fully saturated rings. The molecule has 4 heteroatoms. The van der Waals surface area contributed by atoms with Crippen LogP contribution in [0, 0.1) is 0 Å². The van der Waals surface area contributed by atoms with E-state index in [0.717, 1.165) is 12.1 Å². The van der Waals surface area contributed by atoms with Crippen molar-refractivity contribution >= 4 is 23.2 Å². The summed E-state index contributed by atoms with van der Waals surface area (Å²) in [6.07, 6.45) is 1.37. The molecule has 2 N–H and O–H groups in total. The number of benzene rings is 1. The van der Waals surface area contributed by atoms with Crippen LogP contribution in [0.15, 0.2) is 24.3 Å². The van der Waals surface area contributed by atoms with Crippen molar-refractivity contribution in [2.75, 3.05) is 5.43 Å². The average molecular weight is 213 g/mol. The molecule has 0 aliphatic heterocycles. The zero-order valence-electron chi connectivity index (χ0n) is 8.01. The minimum atomic E-state index is -0.0116. The zero-order valence-corrected chi connectivity index (χ0v) is 8.77. The molecule has 1 rings (SSSR count). The van der Waals surface area contributed by atoms with Gasteiger partial charge in [-0.05, 0) is 30.7 Å². The molecule has 0 atom stereocenters. The van der Waals surface area contributed by atoms with E-state index in [4.69, 9.17) is 11.6 Å². The van der Waals surface area contributed by atoms with Gasteiger partial charge in [-0.3, -0.25) is 15.6 Å². The van der Waals surface area contributed by atoms with Crippen LogP contribution in [0.5, 0.6) is 0 Å². The molecule has 1 amide bonds. The van der Waals surface area contributed by atoms with Gasteiger partial charge in [0.25, 0.3) is 0 Å². The van der Waals surface area contributed by atoms with Gasteiger partial charge in [-0.25, -0.2) is 0 Å². The maximum atomic E-state index is 11.1. The molecule has 1 aromatic carbocycles. The number of carbonyl (C=O) groups excluding carboxylic acids is 1. The fourth-order valence-corrected chi connectivity index (χ4v) is 1.09. The van der Waals surface area contributed by atoms with Crippen LogP contribution < -0.4 is 10.9 Å². The monoisotopic (exact) mass is 212 g/mol. The second kappa shape index (κ2) is 5.50. The first-order valence-corrected chi connectivity index (χ1v) is 4.90. The van der Waals surface area contributed by atoms with E-state index < -0.39 is 0 Å². The Morgan fingerprint density at radius 3 is 2.57 bits per heavy atom. The van der Waals surface area contributed by atoms with Crippen LogP contribution in [0.1, 0.15) is 19.8 Å². The summed E-state index contributed by atoms with van der Waals surface area (Å²) in [6, 6.07) is 7.12. The van der Waals surface area contributed by atoms with Gasteiger partial charge >= 0.3 is 0 Å². The van der Waals surface area contributed by atoms with Crippen LogP contribution >= 0.6 is 11.6 Å². The number of hydrogen-bond donors (Lipinski definition) is 2. The lowest BCUT2D eigenvalue weighted by atomic mass is 10.3. The number of rotatable bonds is 4.